The second-order valence-corrected chi connectivity index (χ2v) is 6.60. The molecule has 0 radical (unpaired) electrons. The van der Waals surface area contributed by atoms with Crippen molar-refractivity contribution >= 4 is 10.8 Å². The van der Waals surface area contributed by atoms with Crippen LogP contribution in [0.3, 0.4) is 0 Å². The molecule has 0 fully saturated rings. The van der Waals surface area contributed by atoms with Gasteiger partial charge in [-0.2, -0.15) is 0 Å². The van der Waals surface area contributed by atoms with Crippen LogP contribution in [0.5, 0.6) is 0 Å². The molecule has 2 unspecified atom stereocenters. The monoisotopic (exact) mass is 282 g/mol. The second-order valence-electron chi connectivity index (χ2n) is 4.90. The molecule has 1 nitrogen and oxygen atoms in total. The number of hydrogen-bond donors (Lipinski definition) is 0. The highest BCUT2D eigenvalue weighted by molar-refractivity contribution is 7.84. The van der Waals surface area contributed by atoms with Crippen LogP contribution in [0.2, 0.25) is 0 Å². The minimum atomic E-state index is -0.894. The van der Waals surface area contributed by atoms with Gasteiger partial charge >= 0.3 is 0 Å². The minimum absolute atomic E-state index is 0.515. The van der Waals surface area contributed by atoms with Crippen molar-refractivity contribution in [1.29, 1.82) is 0 Å². The van der Waals surface area contributed by atoms with Gasteiger partial charge in [-0.1, -0.05) is 26.7 Å². The first kappa shape index (κ1) is 18.0. The fourth-order valence-corrected chi connectivity index (χ4v) is 3.13. The molecule has 0 aromatic carbocycles. The largest absolute Gasteiger partial charge is 0.260 e. The lowest BCUT2D eigenvalue weighted by molar-refractivity contribution is 0.292. The molecule has 110 valence electrons. The normalized spacial score (nSPS) is 16.4. The first-order valence-electron chi connectivity index (χ1n) is 7.23. The molecule has 0 aromatic heterocycles. The number of rotatable bonds is 12. The SMILES string of the molecule is CCCC(F)CCCS(=O)CCCC(F)CCC. The number of hydrogen-bond acceptors (Lipinski definition) is 1. The zero-order valence-electron chi connectivity index (χ0n) is 11.8. The van der Waals surface area contributed by atoms with Crippen molar-refractivity contribution in [2.24, 2.45) is 0 Å². The number of halogens is 2. The third-order valence-corrected chi connectivity index (χ3v) is 4.47. The van der Waals surface area contributed by atoms with E-state index in [1.807, 2.05) is 13.8 Å². The minimum Gasteiger partial charge on any atom is -0.260 e. The van der Waals surface area contributed by atoms with Crippen molar-refractivity contribution in [2.75, 3.05) is 11.5 Å². The first-order valence-corrected chi connectivity index (χ1v) is 8.72. The summed E-state index contributed by atoms with van der Waals surface area (Å²) in [6, 6.07) is 0. The van der Waals surface area contributed by atoms with Gasteiger partial charge in [-0.15, -0.1) is 0 Å². The lowest BCUT2D eigenvalue weighted by Crippen LogP contribution is -2.08. The van der Waals surface area contributed by atoms with E-state index in [1.165, 1.54) is 0 Å². The molecule has 0 heterocycles. The van der Waals surface area contributed by atoms with Gasteiger partial charge in [0.15, 0.2) is 0 Å². The van der Waals surface area contributed by atoms with Gasteiger partial charge in [-0.25, -0.2) is 8.78 Å². The summed E-state index contributed by atoms with van der Waals surface area (Å²) in [7, 11) is -0.894. The summed E-state index contributed by atoms with van der Waals surface area (Å²) in [5, 5.41) is 0. The smallest absolute Gasteiger partial charge is 0.100 e. The molecular formula is C14H28F2OS. The highest BCUT2D eigenvalue weighted by atomic mass is 32.2. The van der Waals surface area contributed by atoms with Crippen molar-refractivity contribution in [3.63, 3.8) is 0 Å². The van der Waals surface area contributed by atoms with Crippen LogP contribution < -0.4 is 0 Å². The van der Waals surface area contributed by atoms with Gasteiger partial charge in [-0.3, -0.25) is 4.21 Å². The third kappa shape index (κ3) is 11.1. The van der Waals surface area contributed by atoms with Gasteiger partial charge in [0.2, 0.25) is 0 Å². The number of alkyl halides is 2. The fraction of sp³-hybridized carbons (Fsp3) is 1.00. The maximum atomic E-state index is 13.1. The molecule has 0 aliphatic heterocycles. The van der Waals surface area contributed by atoms with Gasteiger partial charge in [0.1, 0.15) is 12.3 Å². The maximum Gasteiger partial charge on any atom is 0.100 e. The molecular weight excluding hydrogens is 254 g/mol. The van der Waals surface area contributed by atoms with Crippen molar-refractivity contribution < 1.29 is 13.0 Å². The van der Waals surface area contributed by atoms with E-state index in [-0.39, 0.29) is 0 Å². The second kappa shape index (κ2) is 12.1. The summed E-state index contributed by atoms with van der Waals surface area (Å²) in [4.78, 5) is 0. The average Bonchev–Trinajstić information content (AvgIpc) is 2.29. The molecule has 0 rings (SSSR count). The van der Waals surface area contributed by atoms with Crippen molar-refractivity contribution in [3.8, 4) is 0 Å². The molecule has 0 aliphatic rings. The molecule has 0 saturated carbocycles. The van der Waals surface area contributed by atoms with Crippen LogP contribution in [0.1, 0.15) is 65.2 Å². The van der Waals surface area contributed by atoms with Gasteiger partial charge < -0.3 is 0 Å². The van der Waals surface area contributed by atoms with Crippen LogP contribution in [0, 0.1) is 0 Å². The molecule has 4 heteroatoms. The Balaban J connectivity index is 3.43. The predicted octanol–water partition coefficient (Wildman–Crippen LogP) is 4.57. The van der Waals surface area contributed by atoms with E-state index in [1.54, 1.807) is 0 Å². The standard InChI is InChI=1S/C14H28F2OS/c1-3-7-13(15)9-5-11-18(17)12-6-10-14(16)8-4-2/h13-14H,3-12H2,1-2H3. The zero-order valence-corrected chi connectivity index (χ0v) is 12.6. The fourth-order valence-electron chi connectivity index (χ4n) is 1.95. The van der Waals surface area contributed by atoms with E-state index in [0.717, 1.165) is 12.8 Å². The lowest BCUT2D eigenvalue weighted by atomic mass is 10.1. The summed E-state index contributed by atoms with van der Waals surface area (Å²) in [5.41, 5.74) is 0. The predicted molar refractivity (Wildman–Crippen MR) is 76.0 cm³/mol. The van der Waals surface area contributed by atoms with E-state index in [0.29, 0.717) is 50.0 Å². The average molecular weight is 282 g/mol. The van der Waals surface area contributed by atoms with Crippen LogP contribution >= 0.6 is 0 Å². The van der Waals surface area contributed by atoms with Crippen molar-refractivity contribution in [2.45, 2.75) is 77.6 Å². The summed E-state index contributed by atoms with van der Waals surface area (Å²) < 4.78 is 37.9. The first-order chi connectivity index (χ1) is 8.60. The van der Waals surface area contributed by atoms with Gasteiger partial charge in [0.25, 0.3) is 0 Å². The van der Waals surface area contributed by atoms with E-state index in [9.17, 15) is 13.0 Å². The van der Waals surface area contributed by atoms with Crippen molar-refractivity contribution in [1.82, 2.24) is 0 Å². The van der Waals surface area contributed by atoms with Gasteiger partial charge in [0, 0.05) is 22.3 Å². The third-order valence-electron chi connectivity index (χ3n) is 2.98. The van der Waals surface area contributed by atoms with Crippen LogP contribution in [0.25, 0.3) is 0 Å². The van der Waals surface area contributed by atoms with Gasteiger partial charge in [0.05, 0.1) is 0 Å². The lowest BCUT2D eigenvalue weighted by Gasteiger charge is -2.07. The Morgan fingerprint density at radius 1 is 0.833 bits per heavy atom. The van der Waals surface area contributed by atoms with E-state index in [2.05, 4.69) is 0 Å². The summed E-state index contributed by atoms with van der Waals surface area (Å²) in [6.45, 7) is 3.93. The van der Waals surface area contributed by atoms with Crippen LogP contribution in [-0.2, 0) is 10.8 Å². The Morgan fingerprint density at radius 3 is 1.56 bits per heavy atom. The summed E-state index contributed by atoms with van der Waals surface area (Å²) >= 11 is 0. The molecule has 2 atom stereocenters. The van der Waals surface area contributed by atoms with Crippen LogP contribution in [-0.4, -0.2) is 28.1 Å². The molecule has 0 amide bonds. The maximum absolute atomic E-state index is 13.1. The Hall–Kier alpha value is 0.01000. The topological polar surface area (TPSA) is 17.1 Å². The highest BCUT2D eigenvalue weighted by Crippen LogP contribution is 2.11. The van der Waals surface area contributed by atoms with Crippen LogP contribution in [0.4, 0.5) is 8.78 Å². The Bertz CT molecular complexity index is 192. The van der Waals surface area contributed by atoms with Crippen molar-refractivity contribution in [3.05, 3.63) is 0 Å². The van der Waals surface area contributed by atoms with E-state index < -0.39 is 23.1 Å². The molecule has 0 spiro atoms. The molecule has 0 bridgehead atoms. The molecule has 18 heavy (non-hydrogen) atoms. The molecule has 0 saturated heterocycles. The molecule has 0 aromatic rings. The van der Waals surface area contributed by atoms with Crippen LogP contribution in [0.15, 0.2) is 0 Å². The van der Waals surface area contributed by atoms with E-state index >= 15 is 0 Å². The summed E-state index contributed by atoms with van der Waals surface area (Å²) in [5.74, 6) is 1.13. The Kier molecular flexibility index (Phi) is 12.1. The highest BCUT2D eigenvalue weighted by Gasteiger charge is 2.08. The molecule has 0 N–H and O–H groups in total. The Labute approximate surface area is 113 Å². The molecule has 0 aliphatic carbocycles. The zero-order chi connectivity index (χ0) is 13.8. The Morgan fingerprint density at radius 2 is 1.22 bits per heavy atom. The summed E-state index contributed by atoms with van der Waals surface area (Å²) in [6.07, 6.45) is 3.84. The van der Waals surface area contributed by atoms with E-state index in [4.69, 9.17) is 0 Å². The quantitative estimate of drug-likeness (QED) is 0.512. The van der Waals surface area contributed by atoms with Gasteiger partial charge in [-0.05, 0) is 38.5 Å².